The average molecular weight is 141 g/mol. The van der Waals surface area contributed by atoms with Crippen molar-refractivity contribution in [3.8, 4) is 0 Å². The van der Waals surface area contributed by atoms with Gasteiger partial charge in [0.15, 0.2) is 0 Å². The molecular weight excluding hydrogens is 124 g/mol. The molecule has 1 aliphatic rings. The van der Waals surface area contributed by atoms with Gasteiger partial charge in [-0.15, -0.1) is 0 Å². The van der Waals surface area contributed by atoms with Gasteiger partial charge in [0.2, 0.25) is 0 Å². The van der Waals surface area contributed by atoms with Crippen LogP contribution in [0.1, 0.15) is 19.8 Å². The SMILES string of the molecule is CCCN[CH]C1CCNC1. The third kappa shape index (κ3) is 2.67. The highest BCUT2D eigenvalue weighted by molar-refractivity contribution is 4.81. The zero-order valence-corrected chi connectivity index (χ0v) is 6.69. The van der Waals surface area contributed by atoms with Crippen molar-refractivity contribution in [3.05, 3.63) is 6.54 Å². The lowest BCUT2D eigenvalue weighted by atomic mass is 10.1. The van der Waals surface area contributed by atoms with Crippen LogP contribution in [-0.2, 0) is 0 Å². The molecule has 1 heterocycles. The molecule has 1 atom stereocenters. The topological polar surface area (TPSA) is 24.1 Å². The zero-order valence-electron chi connectivity index (χ0n) is 6.69. The van der Waals surface area contributed by atoms with E-state index in [4.69, 9.17) is 0 Å². The maximum absolute atomic E-state index is 3.33. The molecular formula is C8H17N2. The summed E-state index contributed by atoms with van der Waals surface area (Å²) in [5, 5.41) is 6.64. The normalized spacial score (nSPS) is 25.5. The molecule has 1 aliphatic heterocycles. The fourth-order valence-corrected chi connectivity index (χ4v) is 1.21. The van der Waals surface area contributed by atoms with E-state index in [0.29, 0.717) is 0 Å². The molecule has 2 N–H and O–H groups in total. The van der Waals surface area contributed by atoms with Gasteiger partial charge in [0.1, 0.15) is 0 Å². The lowest BCUT2D eigenvalue weighted by molar-refractivity contribution is 0.590. The van der Waals surface area contributed by atoms with E-state index < -0.39 is 0 Å². The predicted octanol–water partition coefficient (Wildman–Crippen LogP) is 0.757. The maximum Gasteiger partial charge on any atom is 0.0265 e. The van der Waals surface area contributed by atoms with E-state index in [1.165, 1.54) is 19.4 Å². The summed E-state index contributed by atoms with van der Waals surface area (Å²) in [6.07, 6.45) is 2.52. The molecule has 1 radical (unpaired) electrons. The van der Waals surface area contributed by atoms with Crippen LogP contribution in [0.3, 0.4) is 0 Å². The number of hydrogen-bond donors (Lipinski definition) is 2. The molecule has 59 valence electrons. The Morgan fingerprint density at radius 2 is 2.60 bits per heavy atom. The second-order valence-electron chi connectivity index (χ2n) is 2.87. The summed E-state index contributed by atoms with van der Waals surface area (Å²) in [6, 6.07) is 0. The molecule has 2 heteroatoms. The molecule has 10 heavy (non-hydrogen) atoms. The third-order valence-corrected chi connectivity index (χ3v) is 1.85. The Balaban J connectivity index is 1.91. The van der Waals surface area contributed by atoms with Gasteiger partial charge >= 0.3 is 0 Å². The number of rotatable bonds is 4. The van der Waals surface area contributed by atoms with Crippen molar-refractivity contribution in [2.45, 2.75) is 19.8 Å². The van der Waals surface area contributed by atoms with Crippen LogP contribution < -0.4 is 10.6 Å². The second kappa shape index (κ2) is 4.69. The molecule has 0 spiro atoms. The quantitative estimate of drug-likeness (QED) is 0.565. The van der Waals surface area contributed by atoms with Crippen LogP contribution in [0.25, 0.3) is 0 Å². The van der Waals surface area contributed by atoms with Gasteiger partial charge in [0, 0.05) is 6.54 Å². The summed E-state index contributed by atoms with van der Waals surface area (Å²) in [6.45, 7) is 7.90. The van der Waals surface area contributed by atoms with E-state index >= 15 is 0 Å². The molecule has 0 bridgehead atoms. The fraction of sp³-hybridized carbons (Fsp3) is 0.875. The number of hydrogen-bond acceptors (Lipinski definition) is 2. The molecule has 1 rings (SSSR count). The Kier molecular flexibility index (Phi) is 3.76. The molecule has 0 saturated carbocycles. The lowest BCUT2D eigenvalue weighted by Gasteiger charge is -2.07. The van der Waals surface area contributed by atoms with E-state index in [-0.39, 0.29) is 0 Å². The van der Waals surface area contributed by atoms with Gasteiger partial charge in [-0.2, -0.15) is 0 Å². The van der Waals surface area contributed by atoms with Crippen molar-refractivity contribution in [3.63, 3.8) is 0 Å². The first-order valence-electron chi connectivity index (χ1n) is 4.21. The summed E-state index contributed by atoms with van der Waals surface area (Å²) in [5.74, 6) is 0.770. The monoisotopic (exact) mass is 141 g/mol. The van der Waals surface area contributed by atoms with Crippen molar-refractivity contribution >= 4 is 0 Å². The van der Waals surface area contributed by atoms with Crippen LogP contribution in [0.5, 0.6) is 0 Å². The van der Waals surface area contributed by atoms with Gasteiger partial charge < -0.3 is 10.6 Å². The van der Waals surface area contributed by atoms with Crippen LogP contribution in [0.4, 0.5) is 0 Å². The fourth-order valence-electron chi connectivity index (χ4n) is 1.21. The van der Waals surface area contributed by atoms with Crippen LogP contribution in [0, 0.1) is 12.5 Å². The minimum absolute atomic E-state index is 0.770. The highest BCUT2D eigenvalue weighted by Gasteiger charge is 2.12. The molecule has 0 aromatic carbocycles. The highest BCUT2D eigenvalue weighted by atomic mass is 14.9. The van der Waals surface area contributed by atoms with Gasteiger partial charge in [0.05, 0.1) is 0 Å². The van der Waals surface area contributed by atoms with Crippen LogP contribution in [-0.4, -0.2) is 19.6 Å². The van der Waals surface area contributed by atoms with Crippen LogP contribution in [0.15, 0.2) is 0 Å². The van der Waals surface area contributed by atoms with Gasteiger partial charge in [0.25, 0.3) is 0 Å². The molecule has 1 unspecified atom stereocenters. The molecule has 0 aromatic heterocycles. The first-order valence-corrected chi connectivity index (χ1v) is 4.21. The van der Waals surface area contributed by atoms with Gasteiger partial charge in [-0.25, -0.2) is 0 Å². The zero-order chi connectivity index (χ0) is 7.23. The summed E-state index contributed by atoms with van der Waals surface area (Å²) >= 11 is 0. The second-order valence-corrected chi connectivity index (χ2v) is 2.87. The first kappa shape index (κ1) is 8.02. The van der Waals surface area contributed by atoms with E-state index in [1.807, 2.05) is 0 Å². The minimum Gasteiger partial charge on any atom is -0.316 e. The Morgan fingerprint density at radius 3 is 3.20 bits per heavy atom. The summed E-state index contributed by atoms with van der Waals surface area (Å²) in [4.78, 5) is 0. The molecule has 0 amide bonds. The van der Waals surface area contributed by atoms with Crippen LogP contribution >= 0.6 is 0 Å². The third-order valence-electron chi connectivity index (χ3n) is 1.85. The highest BCUT2D eigenvalue weighted by Crippen LogP contribution is 2.08. The van der Waals surface area contributed by atoms with Crippen molar-refractivity contribution < 1.29 is 0 Å². The molecule has 0 aromatic rings. The van der Waals surface area contributed by atoms with E-state index in [0.717, 1.165) is 19.0 Å². The predicted molar refractivity (Wildman–Crippen MR) is 43.6 cm³/mol. The molecule has 1 fully saturated rings. The lowest BCUT2D eigenvalue weighted by Crippen LogP contribution is -2.19. The van der Waals surface area contributed by atoms with E-state index in [9.17, 15) is 0 Å². The summed E-state index contributed by atoms with van der Waals surface area (Å²) in [7, 11) is 0. The Labute approximate surface area is 63.4 Å². The maximum atomic E-state index is 3.33. The average Bonchev–Trinajstić information content (AvgIpc) is 2.41. The van der Waals surface area contributed by atoms with E-state index in [2.05, 4.69) is 24.1 Å². The standard InChI is InChI=1S/C8H17N2/c1-2-4-9-6-8-3-5-10-7-8/h6,8-10H,2-5,7H2,1H3. The largest absolute Gasteiger partial charge is 0.316 e. The van der Waals surface area contributed by atoms with Gasteiger partial charge in [-0.05, 0) is 38.4 Å². The van der Waals surface area contributed by atoms with Crippen molar-refractivity contribution in [1.82, 2.24) is 10.6 Å². The van der Waals surface area contributed by atoms with Crippen molar-refractivity contribution in [1.29, 1.82) is 0 Å². The van der Waals surface area contributed by atoms with E-state index in [1.54, 1.807) is 0 Å². The number of nitrogens with one attached hydrogen (secondary N) is 2. The van der Waals surface area contributed by atoms with Crippen LogP contribution in [0.2, 0.25) is 0 Å². The molecule has 2 nitrogen and oxygen atoms in total. The summed E-state index contributed by atoms with van der Waals surface area (Å²) < 4.78 is 0. The van der Waals surface area contributed by atoms with Crippen molar-refractivity contribution in [2.24, 2.45) is 5.92 Å². The van der Waals surface area contributed by atoms with Gasteiger partial charge in [-0.1, -0.05) is 6.92 Å². The Hall–Kier alpha value is -0.0800. The minimum atomic E-state index is 0.770. The Morgan fingerprint density at radius 1 is 1.70 bits per heavy atom. The Bertz CT molecular complexity index is 77.3. The van der Waals surface area contributed by atoms with Gasteiger partial charge in [-0.3, -0.25) is 0 Å². The first-order chi connectivity index (χ1) is 4.93. The molecule has 1 saturated heterocycles. The smallest absolute Gasteiger partial charge is 0.0265 e. The van der Waals surface area contributed by atoms with Crippen molar-refractivity contribution in [2.75, 3.05) is 19.6 Å². The summed E-state index contributed by atoms with van der Waals surface area (Å²) in [5.41, 5.74) is 0. The molecule has 0 aliphatic carbocycles.